The molecule has 1 atom stereocenters. The highest BCUT2D eigenvalue weighted by Crippen LogP contribution is 2.00. The number of nitrogens with two attached hydrogens (primary N) is 2. The van der Waals surface area contributed by atoms with Gasteiger partial charge in [0.2, 0.25) is 5.95 Å². The van der Waals surface area contributed by atoms with E-state index in [1.165, 1.54) is 6.33 Å². The molecular weight excluding hydrogens is 118 g/mol. The van der Waals surface area contributed by atoms with E-state index in [2.05, 4.69) is 10.2 Å². The predicted molar refractivity (Wildman–Crippen MR) is 33.3 cm³/mol. The lowest BCUT2D eigenvalue weighted by atomic mass is 10.6. The zero-order valence-corrected chi connectivity index (χ0v) is 5.15. The molecule has 1 rings (SSSR count). The summed E-state index contributed by atoms with van der Waals surface area (Å²) in [5.41, 5.74) is 10.8. The maximum atomic E-state index is 5.46. The van der Waals surface area contributed by atoms with E-state index in [9.17, 15) is 0 Å². The molecule has 5 nitrogen and oxygen atoms in total. The zero-order chi connectivity index (χ0) is 6.85. The monoisotopic (exact) mass is 127 g/mol. The van der Waals surface area contributed by atoms with Crippen LogP contribution in [0.3, 0.4) is 0 Å². The standard InChI is InChI=1S/C4H9N5/c1-3(5)9-2-7-8-4(9)6/h2-3H,5H2,1H3,(H2,6,8). The summed E-state index contributed by atoms with van der Waals surface area (Å²) >= 11 is 0. The first-order chi connectivity index (χ1) is 4.22. The van der Waals surface area contributed by atoms with E-state index in [0.717, 1.165) is 0 Å². The van der Waals surface area contributed by atoms with Crippen LogP contribution < -0.4 is 11.5 Å². The van der Waals surface area contributed by atoms with Crippen molar-refractivity contribution in [1.29, 1.82) is 0 Å². The van der Waals surface area contributed by atoms with E-state index in [1.54, 1.807) is 11.5 Å². The molecule has 1 heterocycles. The summed E-state index contributed by atoms with van der Waals surface area (Å²) in [4.78, 5) is 0. The Kier molecular flexibility index (Phi) is 1.35. The summed E-state index contributed by atoms with van der Waals surface area (Å²) in [5.74, 6) is 0.352. The van der Waals surface area contributed by atoms with Crippen molar-refractivity contribution in [3.8, 4) is 0 Å². The van der Waals surface area contributed by atoms with Gasteiger partial charge in [0.05, 0.1) is 6.17 Å². The summed E-state index contributed by atoms with van der Waals surface area (Å²) < 4.78 is 1.58. The molecule has 0 saturated heterocycles. The molecule has 1 aromatic rings. The number of aromatic nitrogens is 3. The summed E-state index contributed by atoms with van der Waals surface area (Å²) in [7, 11) is 0. The highest BCUT2D eigenvalue weighted by atomic mass is 15.3. The molecule has 1 aromatic heterocycles. The lowest BCUT2D eigenvalue weighted by molar-refractivity contribution is 0.577. The lowest BCUT2D eigenvalue weighted by Crippen LogP contribution is -2.15. The number of nitrogen functional groups attached to an aromatic ring is 1. The van der Waals surface area contributed by atoms with Crippen molar-refractivity contribution < 1.29 is 0 Å². The largest absolute Gasteiger partial charge is 0.368 e. The van der Waals surface area contributed by atoms with E-state index in [4.69, 9.17) is 11.5 Å². The minimum absolute atomic E-state index is 0.153. The Bertz CT molecular complexity index is 191. The Balaban J connectivity index is 2.94. The van der Waals surface area contributed by atoms with Gasteiger partial charge in [0, 0.05) is 0 Å². The Morgan fingerprint density at radius 2 is 2.44 bits per heavy atom. The minimum Gasteiger partial charge on any atom is -0.368 e. The fourth-order valence-electron chi connectivity index (χ4n) is 0.565. The number of anilines is 1. The quantitative estimate of drug-likeness (QED) is 0.524. The van der Waals surface area contributed by atoms with Crippen LogP contribution in [0.25, 0.3) is 0 Å². The highest BCUT2D eigenvalue weighted by molar-refractivity contribution is 5.13. The second-order valence-corrected chi connectivity index (χ2v) is 1.84. The molecule has 1 unspecified atom stereocenters. The molecule has 9 heavy (non-hydrogen) atoms. The van der Waals surface area contributed by atoms with Gasteiger partial charge in [-0.3, -0.25) is 4.57 Å². The fourth-order valence-corrected chi connectivity index (χ4v) is 0.565. The van der Waals surface area contributed by atoms with Gasteiger partial charge < -0.3 is 11.5 Å². The maximum absolute atomic E-state index is 5.46. The van der Waals surface area contributed by atoms with E-state index >= 15 is 0 Å². The van der Waals surface area contributed by atoms with E-state index in [1.807, 2.05) is 0 Å². The van der Waals surface area contributed by atoms with Crippen LogP contribution in [0.15, 0.2) is 6.33 Å². The van der Waals surface area contributed by atoms with Crippen LogP contribution >= 0.6 is 0 Å². The van der Waals surface area contributed by atoms with Crippen LogP contribution in [0, 0.1) is 0 Å². The number of hydrogen-bond acceptors (Lipinski definition) is 4. The van der Waals surface area contributed by atoms with Crippen molar-refractivity contribution >= 4 is 5.95 Å². The van der Waals surface area contributed by atoms with Crippen LogP contribution in [0.5, 0.6) is 0 Å². The first-order valence-corrected chi connectivity index (χ1v) is 2.62. The first-order valence-electron chi connectivity index (χ1n) is 2.62. The fraction of sp³-hybridized carbons (Fsp3) is 0.500. The van der Waals surface area contributed by atoms with Crippen LogP contribution in [0.2, 0.25) is 0 Å². The third-order valence-electron chi connectivity index (χ3n) is 1.04. The zero-order valence-electron chi connectivity index (χ0n) is 5.15. The molecule has 0 amide bonds. The van der Waals surface area contributed by atoms with Crippen molar-refractivity contribution in [1.82, 2.24) is 14.8 Å². The second kappa shape index (κ2) is 2.02. The molecular formula is C4H9N5. The van der Waals surface area contributed by atoms with Crippen molar-refractivity contribution in [3.63, 3.8) is 0 Å². The van der Waals surface area contributed by atoms with Crippen molar-refractivity contribution in [3.05, 3.63) is 6.33 Å². The Hall–Kier alpha value is -1.10. The molecule has 4 N–H and O–H groups in total. The molecule has 0 radical (unpaired) electrons. The van der Waals surface area contributed by atoms with Crippen LogP contribution in [-0.4, -0.2) is 14.8 Å². The first kappa shape index (κ1) is 6.03. The number of hydrogen-bond donors (Lipinski definition) is 2. The maximum Gasteiger partial charge on any atom is 0.223 e. The molecule has 0 aliphatic rings. The van der Waals surface area contributed by atoms with E-state index in [0.29, 0.717) is 5.95 Å². The van der Waals surface area contributed by atoms with Gasteiger partial charge in [-0.25, -0.2) is 0 Å². The van der Waals surface area contributed by atoms with Crippen LogP contribution in [-0.2, 0) is 0 Å². The third-order valence-corrected chi connectivity index (χ3v) is 1.04. The summed E-state index contributed by atoms with van der Waals surface area (Å²) in [6.07, 6.45) is 1.35. The topological polar surface area (TPSA) is 82.8 Å². The smallest absolute Gasteiger partial charge is 0.223 e. The highest BCUT2D eigenvalue weighted by Gasteiger charge is 2.00. The van der Waals surface area contributed by atoms with Gasteiger partial charge in [-0.1, -0.05) is 0 Å². The lowest BCUT2D eigenvalue weighted by Gasteiger charge is -2.05. The second-order valence-electron chi connectivity index (χ2n) is 1.84. The molecule has 0 saturated carbocycles. The Labute approximate surface area is 52.7 Å². The van der Waals surface area contributed by atoms with E-state index in [-0.39, 0.29) is 6.17 Å². The van der Waals surface area contributed by atoms with Gasteiger partial charge in [0.25, 0.3) is 0 Å². The number of rotatable bonds is 1. The van der Waals surface area contributed by atoms with Crippen molar-refractivity contribution in [2.75, 3.05) is 5.73 Å². The Morgan fingerprint density at radius 1 is 1.78 bits per heavy atom. The van der Waals surface area contributed by atoms with Gasteiger partial charge in [0.1, 0.15) is 6.33 Å². The van der Waals surface area contributed by atoms with E-state index < -0.39 is 0 Å². The van der Waals surface area contributed by atoms with Gasteiger partial charge in [-0.05, 0) is 6.92 Å². The molecule has 0 aliphatic heterocycles. The Morgan fingerprint density at radius 3 is 2.67 bits per heavy atom. The van der Waals surface area contributed by atoms with Crippen molar-refractivity contribution in [2.45, 2.75) is 13.1 Å². The normalized spacial score (nSPS) is 13.6. The molecule has 0 aromatic carbocycles. The average Bonchev–Trinajstić information content (AvgIpc) is 2.13. The molecule has 0 spiro atoms. The van der Waals surface area contributed by atoms with Gasteiger partial charge in [-0.15, -0.1) is 10.2 Å². The van der Waals surface area contributed by atoms with Crippen molar-refractivity contribution in [2.24, 2.45) is 5.73 Å². The van der Waals surface area contributed by atoms with Gasteiger partial charge in [-0.2, -0.15) is 0 Å². The predicted octanol–water partition coefficient (Wildman–Crippen LogP) is -0.662. The van der Waals surface area contributed by atoms with Crippen LogP contribution in [0.1, 0.15) is 13.1 Å². The van der Waals surface area contributed by atoms with Gasteiger partial charge >= 0.3 is 0 Å². The SMILES string of the molecule is CC(N)n1cnnc1N. The van der Waals surface area contributed by atoms with Crippen LogP contribution in [0.4, 0.5) is 5.95 Å². The number of nitrogens with zero attached hydrogens (tertiary/aromatic N) is 3. The molecule has 0 bridgehead atoms. The summed E-state index contributed by atoms with van der Waals surface area (Å²) in [6, 6.07) is 0. The molecule has 5 heteroatoms. The third kappa shape index (κ3) is 0.996. The summed E-state index contributed by atoms with van der Waals surface area (Å²) in [6.45, 7) is 1.81. The average molecular weight is 127 g/mol. The molecule has 50 valence electrons. The molecule has 0 fully saturated rings. The minimum atomic E-state index is -0.153. The van der Waals surface area contributed by atoms with Gasteiger partial charge in [0.15, 0.2) is 0 Å². The molecule has 0 aliphatic carbocycles. The summed E-state index contributed by atoms with van der Waals surface area (Å²) in [5, 5.41) is 7.10.